The van der Waals surface area contributed by atoms with Crippen molar-refractivity contribution in [1.82, 2.24) is 10.6 Å². The van der Waals surface area contributed by atoms with Gasteiger partial charge in [0.05, 0.1) is 18.6 Å². The van der Waals surface area contributed by atoms with Crippen LogP contribution in [0, 0.1) is 5.92 Å². The Morgan fingerprint density at radius 1 is 1.30 bits per heavy atom. The molecule has 1 saturated heterocycles. The van der Waals surface area contributed by atoms with Gasteiger partial charge >= 0.3 is 0 Å². The van der Waals surface area contributed by atoms with E-state index in [0.717, 1.165) is 25.1 Å². The molecule has 1 heterocycles. The van der Waals surface area contributed by atoms with Crippen LogP contribution in [0.1, 0.15) is 12.0 Å². The number of rotatable bonds is 6. The average molecular weight is 339 g/mol. The topological polar surface area (TPSA) is 79.8 Å². The molecule has 1 aromatic rings. The highest BCUT2D eigenvalue weighted by Crippen LogP contribution is 2.17. The predicted molar refractivity (Wildman–Crippen MR) is 92.8 cm³/mol. The largest absolute Gasteiger partial charge is 0.497 e. The van der Waals surface area contributed by atoms with Crippen molar-refractivity contribution in [1.29, 1.82) is 0 Å². The second-order valence-electron chi connectivity index (χ2n) is 5.75. The molecule has 0 amide bonds. The molecule has 0 saturated carbocycles. The molecule has 1 aliphatic rings. The van der Waals surface area contributed by atoms with Crippen molar-refractivity contribution < 1.29 is 13.2 Å². The smallest absolute Gasteiger partial charge is 0.190 e. The van der Waals surface area contributed by atoms with Gasteiger partial charge in [-0.05, 0) is 36.5 Å². The van der Waals surface area contributed by atoms with Gasteiger partial charge in [0.2, 0.25) is 0 Å². The van der Waals surface area contributed by atoms with Crippen molar-refractivity contribution in [2.45, 2.75) is 12.8 Å². The van der Waals surface area contributed by atoms with Gasteiger partial charge in [-0.1, -0.05) is 12.1 Å². The van der Waals surface area contributed by atoms with Crippen molar-refractivity contribution in [2.75, 3.05) is 38.8 Å². The minimum absolute atomic E-state index is 0.181. The van der Waals surface area contributed by atoms with Crippen molar-refractivity contribution in [3.63, 3.8) is 0 Å². The number of sulfone groups is 1. The normalized spacial score (nSPS) is 20.3. The number of hydrogen-bond acceptors (Lipinski definition) is 4. The van der Waals surface area contributed by atoms with E-state index in [1.54, 1.807) is 14.2 Å². The summed E-state index contributed by atoms with van der Waals surface area (Å²) in [5, 5.41) is 6.46. The number of nitrogens with one attached hydrogen (secondary N) is 2. The standard InChI is InChI=1S/C16H25N3O3S/c1-17-16(19-11-14-8-10-23(20,21)12-14)18-9-7-13-3-5-15(22-2)6-4-13/h3-6,14H,7-12H2,1-2H3,(H2,17,18,19). The van der Waals surface area contributed by atoms with E-state index in [0.29, 0.717) is 18.3 Å². The summed E-state index contributed by atoms with van der Waals surface area (Å²) in [6, 6.07) is 7.98. The third kappa shape index (κ3) is 5.74. The Labute approximate surface area is 138 Å². The molecule has 6 nitrogen and oxygen atoms in total. The van der Waals surface area contributed by atoms with Crippen LogP contribution >= 0.6 is 0 Å². The van der Waals surface area contributed by atoms with Gasteiger partial charge in [-0.2, -0.15) is 0 Å². The van der Waals surface area contributed by atoms with Gasteiger partial charge in [-0.25, -0.2) is 8.42 Å². The zero-order chi connectivity index (χ0) is 16.7. The summed E-state index contributed by atoms with van der Waals surface area (Å²) >= 11 is 0. The minimum atomic E-state index is -2.82. The van der Waals surface area contributed by atoms with Crippen LogP contribution in [-0.4, -0.2) is 53.1 Å². The van der Waals surface area contributed by atoms with E-state index in [2.05, 4.69) is 15.6 Å². The van der Waals surface area contributed by atoms with E-state index in [4.69, 9.17) is 4.74 Å². The van der Waals surface area contributed by atoms with Crippen molar-refractivity contribution in [3.05, 3.63) is 29.8 Å². The lowest BCUT2D eigenvalue weighted by molar-refractivity contribution is 0.414. The molecule has 0 aliphatic carbocycles. The number of aliphatic imine (C=N–C) groups is 1. The third-order valence-corrected chi connectivity index (χ3v) is 5.81. The summed E-state index contributed by atoms with van der Waals surface area (Å²) in [5.74, 6) is 2.33. The highest BCUT2D eigenvalue weighted by molar-refractivity contribution is 7.91. The lowest BCUT2D eigenvalue weighted by Crippen LogP contribution is -2.40. The average Bonchev–Trinajstić information content (AvgIpc) is 2.90. The highest BCUT2D eigenvalue weighted by atomic mass is 32.2. The molecule has 23 heavy (non-hydrogen) atoms. The maximum absolute atomic E-state index is 11.4. The first-order valence-corrected chi connectivity index (χ1v) is 9.62. The number of ether oxygens (including phenoxy) is 1. The van der Waals surface area contributed by atoms with Crippen LogP contribution in [-0.2, 0) is 16.3 Å². The number of benzene rings is 1. The van der Waals surface area contributed by atoms with Crippen LogP contribution in [0.5, 0.6) is 5.75 Å². The van der Waals surface area contributed by atoms with Crippen LogP contribution < -0.4 is 15.4 Å². The monoisotopic (exact) mass is 339 g/mol. The van der Waals surface area contributed by atoms with Crippen molar-refractivity contribution >= 4 is 15.8 Å². The van der Waals surface area contributed by atoms with Crippen LogP contribution in [0.25, 0.3) is 0 Å². The molecule has 0 radical (unpaired) electrons. The van der Waals surface area contributed by atoms with Crippen molar-refractivity contribution in [2.24, 2.45) is 10.9 Å². The molecule has 128 valence electrons. The van der Waals surface area contributed by atoms with Gasteiger partial charge in [-0.3, -0.25) is 4.99 Å². The SMILES string of the molecule is CN=C(NCCc1ccc(OC)cc1)NCC1CCS(=O)(=O)C1. The van der Waals surface area contributed by atoms with E-state index < -0.39 is 9.84 Å². The Kier molecular flexibility index (Phi) is 6.27. The first-order chi connectivity index (χ1) is 11.0. The van der Waals surface area contributed by atoms with Gasteiger partial charge in [0.15, 0.2) is 15.8 Å². The Balaban J connectivity index is 1.70. The molecule has 1 atom stereocenters. The summed E-state index contributed by atoms with van der Waals surface area (Å²) in [7, 11) is 0.552. The molecule has 1 aromatic carbocycles. The Bertz CT molecular complexity index is 626. The molecule has 0 bridgehead atoms. The summed E-state index contributed by atoms with van der Waals surface area (Å²) in [4.78, 5) is 4.17. The number of guanidine groups is 1. The molecule has 0 aromatic heterocycles. The van der Waals surface area contributed by atoms with E-state index in [-0.39, 0.29) is 11.7 Å². The maximum atomic E-state index is 11.4. The fraction of sp³-hybridized carbons (Fsp3) is 0.562. The first-order valence-electron chi connectivity index (χ1n) is 7.80. The fourth-order valence-electron chi connectivity index (χ4n) is 2.61. The highest BCUT2D eigenvalue weighted by Gasteiger charge is 2.27. The lowest BCUT2D eigenvalue weighted by atomic mass is 10.1. The quantitative estimate of drug-likeness (QED) is 0.593. The van der Waals surface area contributed by atoms with Crippen LogP contribution in [0.2, 0.25) is 0 Å². The molecule has 2 N–H and O–H groups in total. The maximum Gasteiger partial charge on any atom is 0.190 e. The molecular formula is C16H25N3O3S. The molecule has 2 rings (SSSR count). The van der Waals surface area contributed by atoms with Gasteiger partial charge < -0.3 is 15.4 Å². The summed E-state index contributed by atoms with van der Waals surface area (Å²) in [6.07, 6.45) is 1.61. The van der Waals surface area contributed by atoms with Crippen LogP contribution in [0.4, 0.5) is 0 Å². The Morgan fingerprint density at radius 2 is 2.04 bits per heavy atom. The second kappa shape index (κ2) is 8.19. The number of nitrogens with zero attached hydrogens (tertiary/aromatic N) is 1. The molecule has 1 aliphatic heterocycles. The van der Waals surface area contributed by atoms with Gasteiger partial charge in [0.1, 0.15) is 5.75 Å². The number of hydrogen-bond donors (Lipinski definition) is 2. The molecule has 1 unspecified atom stereocenters. The van der Waals surface area contributed by atoms with Crippen LogP contribution in [0.3, 0.4) is 0 Å². The molecule has 0 spiro atoms. The zero-order valence-electron chi connectivity index (χ0n) is 13.7. The van der Waals surface area contributed by atoms with Crippen molar-refractivity contribution in [3.8, 4) is 5.75 Å². The summed E-state index contributed by atoms with van der Waals surface area (Å²) in [6.45, 7) is 1.40. The predicted octanol–water partition coefficient (Wildman–Crippen LogP) is 0.837. The van der Waals surface area contributed by atoms with Gasteiger partial charge in [0.25, 0.3) is 0 Å². The van der Waals surface area contributed by atoms with E-state index in [1.165, 1.54) is 5.56 Å². The summed E-state index contributed by atoms with van der Waals surface area (Å²) in [5.41, 5.74) is 1.22. The molecular weight excluding hydrogens is 314 g/mol. The second-order valence-corrected chi connectivity index (χ2v) is 7.98. The van der Waals surface area contributed by atoms with Crippen LogP contribution in [0.15, 0.2) is 29.3 Å². The molecule has 7 heteroatoms. The number of methoxy groups -OCH3 is 1. The lowest BCUT2D eigenvalue weighted by Gasteiger charge is -2.14. The van der Waals surface area contributed by atoms with Gasteiger partial charge in [-0.15, -0.1) is 0 Å². The Morgan fingerprint density at radius 3 is 2.61 bits per heavy atom. The first kappa shape index (κ1) is 17.6. The molecule has 1 fully saturated rings. The van der Waals surface area contributed by atoms with E-state index in [9.17, 15) is 8.42 Å². The Hall–Kier alpha value is -1.76. The third-order valence-electron chi connectivity index (χ3n) is 3.97. The minimum Gasteiger partial charge on any atom is -0.497 e. The van der Waals surface area contributed by atoms with Gasteiger partial charge in [0, 0.05) is 20.1 Å². The zero-order valence-corrected chi connectivity index (χ0v) is 14.5. The van der Waals surface area contributed by atoms with E-state index >= 15 is 0 Å². The fourth-order valence-corrected chi connectivity index (χ4v) is 4.47. The summed E-state index contributed by atoms with van der Waals surface area (Å²) < 4.78 is 28.0. The van der Waals surface area contributed by atoms with E-state index in [1.807, 2.05) is 24.3 Å².